The molecule has 3 aromatic carbocycles. The van der Waals surface area contributed by atoms with Crippen LogP contribution < -0.4 is 9.64 Å². The monoisotopic (exact) mass is 546 g/mol. The number of methoxy groups -OCH3 is 1. The van der Waals surface area contributed by atoms with Gasteiger partial charge in [0.05, 0.1) is 18.7 Å². The Morgan fingerprint density at radius 2 is 1.51 bits per heavy atom. The number of likely N-dealkylation sites (tertiary alicyclic amines) is 1. The molecule has 41 heavy (non-hydrogen) atoms. The van der Waals surface area contributed by atoms with Gasteiger partial charge < -0.3 is 24.5 Å². The van der Waals surface area contributed by atoms with Crippen LogP contribution in [0.15, 0.2) is 79.1 Å². The van der Waals surface area contributed by atoms with Crippen molar-refractivity contribution < 1.29 is 14.3 Å². The SMILES string of the molecule is COc1ccc(C)cc1N1C[C@H](C(=O)N2CCC(c3c[nH]c4ccccc34)(c3c[nH]c4ccccc34)CC2)CC1=O. The smallest absolute Gasteiger partial charge is 0.228 e. The summed E-state index contributed by atoms with van der Waals surface area (Å²) in [5, 5.41) is 2.45. The molecule has 1 atom stereocenters. The third-order valence-corrected chi connectivity index (χ3v) is 9.24. The third-order valence-electron chi connectivity index (χ3n) is 9.24. The second-order valence-electron chi connectivity index (χ2n) is 11.5. The summed E-state index contributed by atoms with van der Waals surface area (Å²) in [6, 6.07) is 22.7. The van der Waals surface area contributed by atoms with Crippen molar-refractivity contribution in [3.8, 4) is 5.75 Å². The molecular formula is C34H34N4O3. The van der Waals surface area contributed by atoms with Crippen LogP contribution in [0, 0.1) is 12.8 Å². The van der Waals surface area contributed by atoms with E-state index in [2.05, 4.69) is 70.9 Å². The first-order chi connectivity index (χ1) is 20.0. The standard InChI is InChI=1S/C34H34N4O3/c1-22-11-12-31(41-2)30(17-22)38-21-23(18-32(38)39)33(40)37-15-13-34(14-16-37,26-19-35-28-9-5-3-7-24(26)28)27-20-36-29-10-6-4-8-25(27)29/h3-12,17,19-20,23,35-36H,13-16,18,21H2,1-2H3/t23-/m1/s1. The van der Waals surface area contributed by atoms with Gasteiger partial charge in [-0.3, -0.25) is 9.59 Å². The molecule has 2 saturated heterocycles. The first-order valence-corrected chi connectivity index (χ1v) is 14.4. The van der Waals surface area contributed by atoms with Crippen molar-refractivity contribution in [2.24, 2.45) is 5.92 Å². The number of nitrogens with one attached hydrogen (secondary N) is 2. The number of fused-ring (bicyclic) bond motifs is 2. The molecule has 2 aliphatic rings. The van der Waals surface area contributed by atoms with Gasteiger partial charge in [0, 0.05) is 65.7 Å². The lowest BCUT2D eigenvalue weighted by atomic mass is 9.67. The zero-order valence-electron chi connectivity index (χ0n) is 23.4. The zero-order valence-corrected chi connectivity index (χ0v) is 23.4. The van der Waals surface area contributed by atoms with Gasteiger partial charge >= 0.3 is 0 Å². The number of carbonyl (C=O) groups is 2. The first kappa shape index (κ1) is 25.4. The predicted octanol–water partition coefficient (Wildman–Crippen LogP) is 5.93. The summed E-state index contributed by atoms with van der Waals surface area (Å²) in [5.74, 6) is 0.328. The van der Waals surface area contributed by atoms with E-state index in [1.807, 2.05) is 30.0 Å². The van der Waals surface area contributed by atoms with E-state index in [9.17, 15) is 9.59 Å². The van der Waals surface area contributed by atoms with E-state index in [0.29, 0.717) is 25.4 Å². The van der Waals surface area contributed by atoms with E-state index in [1.165, 1.54) is 21.9 Å². The lowest BCUT2D eigenvalue weighted by molar-refractivity contribution is -0.137. The highest BCUT2D eigenvalue weighted by atomic mass is 16.5. The topological polar surface area (TPSA) is 81.4 Å². The normalized spacial score (nSPS) is 18.9. The van der Waals surface area contributed by atoms with Crippen LogP contribution in [0.2, 0.25) is 0 Å². The molecule has 7 heteroatoms. The number of aromatic nitrogens is 2. The van der Waals surface area contributed by atoms with Gasteiger partial charge in [-0.25, -0.2) is 0 Å². The molecule has 5 aromatic rings. The maximum Gasteiger partial charge on any atom is 0.228 e. The van der Waals surface area contributed by atoms with E-state index in [0.717, 1.165) is 35.1 Å². The van der Waals surface area contributed by atoms with Crippen LogP contribution >= 0.6 is 0 Å². The molecule has 2 N–H and O–H groups in total. The Kier molecular flexibility index (Phi) is 6.11. The Morgan fingerprint density at radius 1 is 0.902 bits per heavy atom. The first-order valence-electron chi connectivity index (χ1n) is 14.4. The predicted molar refractivity (Wildman–Crippen MR) is 161 cm³/mol. The quantitative estimate of drug-likeness (QED) is 0.287. The lowest BCUT2D eigenvalue weighted by Gasteiger charge is -2.43. The van der Waals surface area contributed by atoms with Crippen LogP contribution in [-0.2, 0) is 15.0 Å². The van der Waals surface area contributed by atoms with Crippen molar-refractivity contribution in [2.45, 2.75) is 31.6 Å². The van der Waals surface area contributed by atoms with Crippen molar-refractivity contribution in [1.29, 1.82) is 0 Å². The van der Waals surface area contributed by atoms with Crippen LogP contribution in [0.5, 0.6) is 5.75 Å². The number of aryl methyl sites for hydroxylation is 1. The third kappa shape index (κ3) is 4.10. The summed E-state index contributed by atoms with van der Waals surface area (Å²) in [5.41, 5.74) is 6.34. The number of aromatic amines is 2. The second kappa shape index (κ2) is 9.84. The van der Waals surface area contributed by atoms with Crippen molar-refractivity contribution >= 4 is 39.3 Å². The van der Waals surface area contributed by atoms with Crippen molar-refractivity contribution in [3.63, 3.8) is 0 Å². The van der Waals surface area contributed by atoms with E-state index in [4.69, 9.17) is 4.74 Å². The Balaban J connectivity index is 1.18. The molecule has 2 amide bonds. The number of rotatable bonds is 5. The minimum Gasteiger partial charge on any atom is -0.495 e. The van der Waals surface area contributed by atoms with Gasteiger partial charge in [0.2, 0.25) is 11.8 Å². The van der Waals surface area contributed by atoms with Crippen molar-refractivity contribution in [2.75, 3.05) is 31.6 Å². The maximum absolute atomic E-state index is 13.9. The number of ether oxygens (including phenoxy) is 1. The summed E-state index contributed by atoms with van der Waals surface area (Å²) < 4.78 is 5.53. The van der Waals surface area contributed by atoms with Crippen LogP contribution in [-0.4, -0.2) is 53.4 Å². The van der Waals surface area contributed by atoms with Crippen LogP contribution in [0.1, 0.15) is 36.0 Å². The van der Waals surface area contributed by atoms with E-state index in [1.54, 1.807) is 12.0 Å². The summed E-state index contributed by atoms with van der Waals surface area (Å²) in [6.07, 6.45) is 6.15. The van der Waals surface area contributed by atoms with Gasteiger partial charge in [-0.1, -0.05) is 42.5 Å². The molecule has 0 saturated carbocycles. The Labute approximate surface area is 239 Å². The number of para-hydroxylation sites is 2. The molecule has 0 aliphatic carbocycles. The lowest BCUT2D eigenvalue weighted by Crippen LogP contribution is -2.47. The molecule has 0 bridgehead atoms. The average Bonchev–Trinajstić information content (AvgIpc) is 3.74. The zero-order chi connectivity index (χ0) is 28.1. The summed E-state index contributed by atoms with van der Waals surface area (Å²) in [6.45, 7) is 3.64. The number of amides is 2. The van der Waals surface area contributed by atoms with Gasteiger partial charge in [0.25, 0.3) is 0 Å². The summed E-state index contributed by atoms with van der Waals surface area (Å²) in [7, 11) is 1.61. The molecular weight excluding hydrogens is 512 g/mol. The molecule has 7 nitrogen and oxygen atoms in total. The molecule has 4 heterocycles. The van der Waals surface area contributed by atoms with Gasteiger partial charge in [-0.15, -0.1) is 0 Å². The molecule has 0 unspecified atom stereocenters. The number of piperidine rings is 1. The Morgan fingerprint density at radius 3 is 2.12 bits per heavy atom. The van der Waals surface area contributed by atoms with Gasteiger partial charge in [0.15, 0.2) is 0 Å². The molecule has 208 valence electrons. The van der Waals surface area contributed by atoms with E-state index >= 15 is 0 Å². The van der Waals surface area contributed by atoms with Crippen LogP contribution in [0.3, 0.4) is 0 Å². The highest BCUT2D eigenvalue weighted by Crippen LogP contribution is 2.47. The van der Waals surface area contributed by atoms with Gasteiger partial charge in [-0.05, 0) is 60.7 Å². The van der Waals surface area contributed by atoms with Gasteiger partial charge in [-0.2, -0.15) is 0 Å². The summed E-state index contributed by atoms with van der Waals surface area (Å²) in [4.78, 5) is 37.7. The number of hydrogen-bond donors (Lipinski definition) is 2. The minimum absolute atomic E-state index is 0.0313. The van der Waals surface area contributed by atoms with E-state index < -0.39 is 0 Å². The molecule has 0 radical (unpaired) electrons. The fourth-order valence-electron chi connectivity index (χ4n) is 7.10. The average molecular weight is 547 g/mol. The van der Waals surface area contributed by atoms with Crippen LogP contribution in [0.25, 0.3) is 21.8 Å². The van der Waals surface area contributed by atoms with Gasteiger partial charge in [0.1, 0.15) is 5.75 Å². The molecule has 2 fully saturated rings. The number of anilines is 1. The molecule has 2 aromatic heterocycles. The maximum atomic E-state index is 13.9. The van der Waals surface area contributed by atoms with Crippen molar-refractivity contribution in [1.82, 2.24) is 14.9 Å². The van der Waals surface area contributed by atoms with Crippen molar-refractivity contribution in [3.05, 3.63) is 95.8 Å². The largest absolute Gasteiger partial charge is 0.495 e. The second-order valence-corrected chi connectivity index (χ2v) is 11.5. The van der Waals surface area contributed by atoms with E-state index in [-0.39, 0.29) is 29.6 Å². The number of nitrogens with zero attached hydrogens (tertiary/aromatic N) is 2. The highest BCUT2D eigenvalue weighted by molar-refractivity contribution is 6.01. The fraction of sp³-hybridized carbons (Fsp3) is 0.294. The number of carbonyl (C=O) groups excluding carboxylic acids is 2. The highest BCUT2D eigenvalue weighted by Gasteiger charge is 2.44. The molecule has 0 spiro atoms. The fourth-order valence-corrected chi connectivity index (χ4v) is 7.10. The summed E-state index contributed by atoms with van der Waals surface area (Å²) >= 11 is 0. The molecule has 7 rings (SSSR count). The number of hydrogen-bond acceptors (Lipinski definition) is 3. The molecule has 2 aliphatic heterocycles. The Hall–Kier alpha value is -4.52. The Bertz CT molecular complexity index is 1700. The number of H-pyrrole nitrogens is 2. The van der Waals surface area contributed by atoms with Crippen LogP contribution in [0.4, 0.5) is 5.69 Å². The minimum atomic E-state index is -0.360. The number of benzene rings is 3.